The maximum absolute atomic E-state index is 4.41. The molecular formula is C24H19IrN4-. The van der Waals surface area contributed by atoms with E-state index in [-0.39, 0.29) is 20.1 Å². The summed E-state index contributed by atoms with van der Waals surface area (Å²) in [4.78, 5) is 13.0. The molecule has 0 saturated carbocycles. The van der Waals surface area contributed by atoms with Gasteiger partial charge in [-0.3, -0.25) is 4.98 Å². The van der Waals surface area contributed by atoms with Gasteiger partial charge in [-0.1, -0.05) is 42.0 Å². The Morgan fingerprint density at radius 2 is 1.66 bits per heavy atom. The Bertz CT molecular complexity index is 1140. The Hall–Kier alpha value is -3.14. The van der Waals surface area contributed by atoms with Crippen LogP contribution in [0, 0.1) is 6.07 Å². The molecule has 0 aliphatic rings. The zero-order valence-corrected chi connectivity index (χ0v) is 18.3. The van der Waals surface area contributed by atoms with E-state index in [1.807, 2.05) is 86.0 Å². The molecule has 0 N–H and O–H groups in total. The number of benzene rings is 2. The van der Waals surface area contributed by atoms with Gasteiger partial charge in [0.2, 0.25) is 0 Å². The first kappa shape index (κ1) is 20.6. The second-order valence-electron chi connectivity index (χ2n) is 6.22. The van der Waals surface area contributed by atoms with E-state index in [0.717, 1.165) is 22.3 Å². The molecule has 4 nitrogen and oxygen atoms in total. The topological polar surface area (TPSA) is 43.8 Å². The van der Waals surface area contributed by atoms with Crippen LogP contribution in [0.15, 0.2) is 97.3 Å². The first-order valence-corrected chi connectivity index (χ1v) is 9.04. The predicted molar refractivity (Wildman–Crippen MR) is 110 cm³/mol. The molecular weight excluding hydrogens is 537 g/mol. The van der Waals surface area contributed by atoms with E-state index in [0.29, 0.717) is 5.82 Å². The summed E-state index contributed by atoms with van der Waals surface area (Å²) < 4.78 is 2.09. The minimum atomic E-state index is 0. The number of fused-ring (bicyclic) bond motifs is 1. The van der Waals surface area contributed by atoms with Crippen LogP contribution >= 0.6 is 0 Å². The second-order valence-corrected chi connectivity index (χ2v) is 6.22. The number of aryl methyl sites for hydroxylation is 1. The third kappa shape index (κ3) is 5.02. The van der Waals surface area contributed by atoms with E-state index in [2.05, 4.69) is 37.7 Å². The van der Waals surface area contributed by atoms with Crippen molar-refractivity contribution in [3.8, 4) is 22.8 Å². The van der Waals surface area contributed by atoms with Crippen molar-refractivity contribution in [3.05, 3.63) is 103 Å². The van der Waals surface area contributed by atoms with Crippen molar-refractivity contribution < 1.29 is 24.7 Å². The van der Waals surface area contributed by atoms with Crippen LogP contribution in [0.5, 0.6) is 0 Å². The molecule has 0 bridgehead atoms. The van der Waals surface area contributed by atoms with Gasteiger partial charge >= 0.3 is 0 Å². The Balaban J connectivity index is 0.000000162. The average molecular weight is 556 g/mol. The molecule has 0 saturated heterocycles. The summed E-state index contributed by atoms with van der Waals surface area (Å²) >= 11 is 0. The summed E-state index contributed by atoms with van der Waals surface area (Å²) in [6, 6.07) is 30.9. The molecule has 0 amide bonds. The van der Waals surface area contributed by atoms with Crippen molar-refractivity contribution >= 4 is 11.0 Å². The average Bonchev–Trinajstić information content (AvgIpc) is 3.20. The van der Waals surface area contributed by atoms with Crippen LogP contribution in [0.25, 0.3) is 33.8 Å². The molecule has 0 aliphatic carbocycles. The first-order valence-electron chi connectivity index (χ1n) is 9.04. The summed E-state index contributed by atoms with van der Waals surface area (Å²) in [6.07, 6.45) is 3.78. The first-order chi connectivity index (χ1) is 13.8. The molecule has 29 heavy (non-hydrogen) atoms. The van der Waals surface area contributed by atoms with Gasteiger partial charge in [0.15, 0.2) is 6.20 Å². The molecule has 1 radical (unpaired) electrons. The van der Waals surface area contributed by atoms with Gasteiger partial charge in [-0.05, 0) is 35.1 Å². The summed E-state index contributed by atoms with van der Waals surface area (Å²) in [7, 11) is 2.04. The summed E-state index contributed by atoms with van der Waals surface area (Å²) in [6.45, 7) is 0. The van der Waals surface area contributed by atoms with E-state index in [1.165, 1.54) is 5.69 Å². The quantitative estimate of drug-likeness (QED) is 0.242. The molecule has 5 heteroatoms. The van der Waals surface area contributed by atoms with Crippen molar-refractivity contribution in [1.29, 1.82) is 0 Å². The number of hydrogen-bond acceptors (Lipinski definition) is 2. The number of rotatable bonds is 2. The molecule has 145 valence electrons. The van der Waals surface area contributed by atoms with E-state index in [4.69, 9.17) is 0 Å². The van der Waals surface area contributed by atoms with E-state index < -0.39 is 0 Å². The molecule has 3 aromatic heterocycles. The maximum atomic E-state index is 4.41. The standard InChI is InChI=1S/C12H8N3.C12H11N.Ir/c1-2-6-10-9(5-1)14-12(15-10)11-7-3-4-8-13-11;1-13-10-6-5-9-12(13)11-7-3-2-4-8-11;/h1-8H;2-7,9-10H,1H3;/q-1;;. The van der Waals surface area contributed by atoms with Crippen LogP contribution in [-0.2, 0) is 27.2 Å². The van der Waals surface area contributed by atoms with Crippen molar-refractivity contribution in [2.45, 2.75) is 0 Å². The zero-order chi connectivity index (χ0) is 19.2. The van der Waals surface area contributed by atoms with Gasteiger partial charge in [0, 0.05) is 32.4 Å². The largest absolute Gasteiger partial charge is 0.434 e. The fourth-order valence-corrected chi connectivity index (χ4v) is 2.87. The molecule has 0 spiro atoms. The molecule has 0 fully saturated rings. The summed E-state index contributed by atoms with van der Waals surface area (Å²) in [5.41, 5.74) is 4.96. The van der Waals surface area contributed by atoms with Gasteiger partial charge in [-0.15, -0.1) is 30.3 Å². The van der Waals surface area contributed by atoms with Crippen LogP contribution in [0.2, 0.25) is 0 Å². The van der Waals surface area contributed by atoms with Gasteiger partial charge < -0.3 is 9.97 Å². The molecule has 5 rings (SSSR count). The smallest absolute Gasteiger partial charge is 0.160 e. The monoisotopic (exact) mass is 556 g/mol. The van der Waals surface area contributed by atoms with E-state index >= 15 is 0 Å². The van der Waals surface area contributed by atoms with Gasteiger partial charge in [0.05, 0.1) is 5.69 Å². The van der Waals surface area contributed by atoms with Crippen LogP contribution in [0.1, 0.15) is 0 Å². The van der Waals surface area contributed by atoms with Gasteiger partial charge in [0.25, 0.3) is 0 Å². The van der Waals surface area contributed by atoms with Gasteiger partial charge in [-0.2, -0.15) is 0 Å². The van der Waals surface area contributed by atoms with Crippen LogP contribution < -0.4 is 9.55 Å². The number of aromatic nitrogens is 4. The third-order valence-electron chi connectivity index (χ3n) is 4.27. The zero-order valence-electron chi connectivity index (χ0n) is 15.9. The molecule has 3 heterocycles. The Morgan fingerprint density at radius 3 is 2.38 bits per heavy atom. The number of pyridine rings is 2. The van der Waals surface area contributed by atoms with E-state index in [9.17, 15) is 0 Å². The van der Waals surface area contributed by atoms with E-state index in [1.54, 1.807) is 6.20 Å². The van der Waals surface area contributed by atoms with Gasteiger partial charge in [0.1, 0.15) is 12.7 Å². The minimum absolute atomic E-state index is 0. The Morgan fingerprint density at radius 1 is 0.862 bits per heavy atom. The van der Waals surface area contributed by atoms with Crippen molar-refractivity contribution in [2.75, 3.05) is 0 Å². The van der Waals surface area contributed by atoms with Crippen molar-refractivity contribution in [2.24, 2.45) is 7.05 Å². The minimum Gasteiger partial charge on any atom is -0.434 e. The maximum Gasteiger partial charge on any atom is 0.160 e. The third-order valence-corrected chi connectivity index (χ3v) is 4.27. The number of imidazole rings is 1. The summed E-state index contributed by atoms with van der Waals surface area (Å²) in [5.74, 6) is 0.691. The Kier molecular flexibility index (Phi) is 7.01. The molecule has 5 aromatic rings. The molecule has 0 atom stereocenters. The van der Waals surface area contributed by atoms with Crippen LogP contribution in [0.4, 0.5) is 0 Å². The van der Waals surface area contributed by atoms with Crippen LogP contribution in [-0.4, -0.2) is 9.97 Å². The fourth-order valence-electron chi connectivity index (χ4n) is 2.87. The summed E-state index contributed by atoms with van der Waals surface area (Å²) in [5, 5.41) is 0. The predicted octanol–water partition coefficient (Wildman–Crippen LogP) is 4.23. The SMILES string of the molecule is C[n+]1ccccc1-c1[c-]cccc1.[Ir].c1ccc(-c2nc3ccccc3[n-]2)nc1. The normalized spacial score (nSPS) is 9.97. The Labute approximate surface area is 183 Å². The molecule has 0 unspecified atom stereocenters. The molecule has 0 aliphatic heterocycles. The molecule has 2 aromatic carbocycles. The number of nitrogens with zero attached hydrogens (tertiary/aromatic N) is 4. The fraction of sp³-hybridized carbons (Fsp3) is 0.0417. The van der Waals surface area contributed by atoms with Gasteiger partial charge in [-0.25, -0.2) is 4.57 Å². The number of para-hydroxylation sites is 2. The van der Waals surface area contributed by atoms with Crippen molar-refractivity contribution in [1.82, 2.24) is 15.0 Å². The second kappa shape index (κ2) is 9.87. The number of hydrogen-bond donors (Lipinski definition) is 0. The van der Waals surface area contributed by atoms with Crippen LogP contribution in [0.3, 0.4) is 0 Å². The van der Waals surface area contributed by atoms with Crippen molar-refractivity contribution in [3.63, 3.8) is 0 Å².